The summed E-state index contributed by atoms with van der Waals surface area (Å²) in [5.41, 5.74) is 0. The Labute approximate surface area is 141 Å². The molecule has 0 saturated heterocycles. The maximum Gasteiger partial charge on any atom is 0.131 e. The number of likely N-dealkylation sites (N-methyl/N-ethyl adjacent to an activating group) is 1. The molecule has 4 atom stereocenters. The van der Waals surface area contributed by atoms with Gasteiger partial charge in [-0.3, -0.25) is 0 Å². The first-order chi connectivity index (χ1) is 10.7. The second kappa shape index (κ2) is 12.2. The standard InChI is InChI=1S/C17H38NO5/c1-4-5-6-7-8-9-10-11-18(2,3)12-14(20)16(22)17(23)15(21)13-19/h14-17,19-23H,4-13H2,1-3H3/q+1/t14-,15-,16-,17-/m1/s1. The number of quaternary nitrogens is 1. The Morgan fingerprint density at radius 2 is 1.22 bits per heavy atom. The first-order valence-electron chi connectivity index (χ1n) is 8.90. The summed E-state index contributed by atoms with van der Waals surface area (Å²) in [7, 11) is 3.95. The minimum Gasteiger partial charge on any atom is -0.394 e. The van der Waals surface area contributed by atoms with E-state index in [2.05, 4.69) is 6.92 Å². The summed E-state index contributed by atoms with van der Waals surface area (Å²) in [6.45, 7) is 2.72. The highest BCUT2D eigenvalue weighted by Gasteiger charge is 2.33. The third-order valence-corrected chi connectivity index (χ3v) is 4.37. The van der Waals surface area contributed by atoms with Gasteiger partial charge in [0.2, 0.25) is 0 Å². The molecule has 0 spiro atoms. The maximum atomic E-state index is 10.0. The molecule has 0 fully saturated rings. The van der Waals surface area contributed by atoms with Gasteiger partial charge in [0, 0.05) is 0 Å². The van der Waals surface area contributed by atoms with Gasteiger partial charge >= 0.3 is 0 Å². The van der Waals surface area contributed by atoms with Crippen LogP contribution < -0.4 is 0 Å². The Morgan fingerprint density at radius 1 is 0.739 bits per heavy atom. The predicted octanol–water partition coefficient (Wildman–Crippen LogP) is 0.249. The zero-order chi connectivity index (χ0) is 17.9. The summed E-state index contributed by atoms with van der Waals surface area (Å²) in [6.07, 6.45) is 2.96. The largest absolute Gasteiger partial charge is 0.394 e. The van der Waals surface area contributed by atoms with Crippen molar-refractivity contribution in [2.24, 2.45) is 0 Å². The second-order valence-corrected chi connectivity index (χ2v) is 7.26. The fourth-order valence-electron chi connectivity index (χ4n) is 2.77. The summed E-state index contributed by atoms with van der Waals surface area (Å²) in [6, 6.07) is 0. The van der Waals surface area contributed by atoms with E-state index in [1.165, 1.54) is 32.1 Å². The molecular weight excluding hydrogens is 298 g/mol. The molecule has 23 heavy (non-hydrogen) atoms. The molecule has 0 aromatic rings. The number of hydrogen-bond donors (Lipinski definition) is 5. The molecule has 0 aliphatic heterocycles. The van der Waals surface area contributed by atoms with Crippen molar-refractivity contribution in [2.45, 2.75) is 76.3 Å². The Hall–Kier alpha value is -0.240. The molecule has 0 radical (unpaired) electrons. The quantitative estimate of drug-likeness (QED) is 0.231. The van der Waals surface area contributed by atoms with Crippen LogP contribution >= 0.6 is 0 Å². The first-order valence-corrected chi connectivity index (χ1v) is 8.90. The Morgan fingerprint density at radius 3 is 1.74 bits per heavy atom. The van der Waals surface area contributed by atoms with Gasteiger partial charge in [0.25, 0.3) is 0 Å². The number of unbranched alkanes of at least 4 members (excludes halogenated alkanes) is 6. The molecule has 0 heterocycles. The fraction of sp³-hybridized carbons (Fsp3) is 1.00. The van der Waals surface area contributed by atoms with Gasteiger partial charge in [0.1, 0.15) is 31.0 Å². The third-order valence-electron chi connectivity index (χ3n) is 4.37. The minimum absolute atomic E-state index is 0.284. The third kappa shape index (κ3) is 10.3. The summed E-state index contributed by atoms with van der Waals surface area (Å²) in [4.78, 5) is 0. The molecule has 0 rings (SSSR count). The van der Waals surface area contributed by atoms with Gasteiger partial charge in [-0.15, -0.1) is 0 Å². The highest BCUT2D eigenvalue weighted by atomic mass is 16.4. The van der Waals surface area contributed by atoms with Crippen LogP contribution in [-0.4, -0.2) is 88.2 Å². The molecule has 0 aromatic carbocycles. The highest BCUT2D eigenvalue weighted by molar-refractivity contribution is 4.80. The normalized spacial score (nSPS) is 17.7. The van der Waals surface area contributed by atoms with E-state index in [1.807, 2.05) is 14.1 Å². The monoisotopic (exact) mass is 336 g/mol. The number of nitrogens with zero attached hydrogens (tertiary/aromatic N) is 1. The van der Waals surface area contributed by atoms with Crippen LogP contribution in [0.4, 0.5) is 0 Å². The van der Waals surface area contributed by atoms with Crippen molar-refractivity contribution < 1.29 is 30.0 Å². The van der Waals surface area contributed by atoms with Crippen LogP contribution in [0.15, 0.2) is 0 Å². The number of aliphatic hydroxyl groups is 5. The molecule has 0 unspecified atom stereocenters. The molecule has 6 nitrogen and oxygen atoms in total. The Kier molecular flexibility index (Phi) is 12.0. The van der Waals surface area contributed by atoms with Crippen LogP contribution in [0, 0.1) is 0 Å². The summed E-state index contributed by atoms with van der Waals surface area (Å²) in [5.74, 6) is 0. The summed E-state index contributed by atoms with van der Waals surface area (Å²) >= 11 is 0. The van der Waals surface area contributed by atoms with Crippen molar-refractivity contribution in [3.05, 3.63) is 0 Å². The molecule has 5 N–H and O–H groups in total. The topological polar surface area (TPSA) is 101 Å². The van der Waals surface area contributed by atoms with Crippen LogP contribution in [0.3, 0.4) is 0 Å². The van der Waals surface area contributed by atoms with Gasteiger partial charge in [-0.05, 0) is 12.8 Å². The van der Waals surface area contributed by atoms with E-state index in [0.29, 0.717) is 4.48 Å². The van der Waals surface area contributed by atoms with Crippen LogP contribution in [0.2, 0.25) is 0 Å². The fourth-order valence-corrected chi connectivity index (χ4v) is 2.77. The van der Waals surface area contributed by atoms with Crippen molar-refractivity contribution >= 4 is 0 Å². The summed E-state index contributed by atoms with van der Waals surface area (Å²) < 4.78 is 0.537. The van der Waals surface area contributed by atoms with Gasteiger partial charge < -0.3 is 30.0 Å². The van der Waals surface area contributed by atoms with Crippen molar-refractivity contribution in [1.29, 1.82) is 0 Å². The van der Waals surface area contributed by atoms with Crippen LogP contribution in [0.5, 0.6) is 0 Å². The molecule has 0 aliphatic rings. The number of aliphatic hydroxyl groups excluding tert-OH is 5. The molecule has 0 aromatic heterocycles. The van der Waals surface area contributed by atoms with E-state index in [9.17, 15) is 20.4 Å². The van der Waals surface area contributed by atoms with Crippen molar-refractivity contribution in [1.82, 2.24) is 0 Å². The van der Waals surface area contributed by atoms with Gasteiger partial charge in [-0.2, -0.15) is 0 Å². The van der Waals surface area contributed by atoms with Crippen molar-refractivity contribution in [3.8, 4) is 0 Å². The lowest BCUT2D eigenvalue weighted by atomic mass is 10.0. The predicted molar refractivity (Wildman–Crippen MR) is 90.9 cm³/mol. The average molecular weight is 336 g/mol. The molecule has 6 heteroatoms. The smallest absolute Gasteiger partial charge is 0.131 e. The highest BCUT2D eigenvalue weighted by Crippen LogP contribution is 2.12. The molecule has 0 saturated carbocycles. The van der Waals surface area contributed by atoms with E-state index >= 15 is 0 Å². The summed E-state index contributed by atoms with van der Waals surface area (Å²) in [5, 5.41) is 47.7. The second-order valence-electron chi connectivity index (χ2n) is 7.26. The van der Waals surface area contributed by atoms with Crippen molar-refractivity contribution in [3.63, 3.8) is 0 Å². The molecule has 140 valence electrons. The van der Waals surface area contributed by atoms with E-state index in [1.54, 1.807) is 0 Å². The Bertz CT molecular complexity index is 288. The number of hydrogen-bond acceptors (Lipinski definition) is 5. The zero-order valence-electron chi connectivity index (χ0n) is 15.1. The minimum atomic E-state index is -1.55. The SMILES string of the molecule is CCCCCCCCC[N+](C)(C)C[C@@H](O)[C@@H](O)[C@H](O)[C@H](O)CO. The Balaban J connectivity index is 4.04. The van der Waals surface area contributed by atoms with Crippen LogP contribution in [0.1, 0.15) is 51.9 Å². The lowest BCUT2D eigenvalue weighted by Crippen LogP contribution is -2.54. The van der Waals surface area contributed by atoms with Gasteiger partial charge in [0.15, 0.2) is 0 Å². The number of rotatable bonds is 14. The molecule has 0 amide bonds. The van der Waals surface area contributed by atoms with Crippen LogP contribution in [-0.2, 0) is 0 Å². The van der Waals surface area contributed by atoms with E-state index in [4.69, 9.17) is 5.11 Å². The van der Waals surface area contributed by atoms with Gasteiger partial charge in [-0.25, -0.2) is 0 Å². The molecule has 0 bridgehead atoms. The van der Waals surface area contributed by atoms with Gasteiger partial charge in [-0.1, -0.05) is 39.0 Å². The van der Waals surface area contributed by atoms with E-state index < -0.39 is 31.0 Å². The molecular formula is C17H38NO5+. The average Bonchev–Trinajstić information content (AvgIpc) is 2.51. The molecule has 0 aliphatic carbocycles. The van der Waals surface area contributed by atoms with E-state index in [0.717, 1.165) is 19.4 Å². The van der Waals surface area contributed by atoms with Gasteiger partial charge in [0.05, 0.1) is 27.2 Å². The zero-order valence-corrected chi connectivity index (χ0v) is 15.1. The first kappa shape index (κ1) is 22.8. The van der Waals surface area contributed by atoms with Crippen molar-refractivity contribution in [2.75, 3.05) is 33.8 Å². The maximum absolute atomic E-state index is 10.0. The lowest BCUT2D eigenvalue weighted by molar-refractivity contribution is -0.894. The lowest BCUT2D eigenvalue weighted by Gasteiger charge is -2.34. The van der Waals surface area contributed by atoms with E-state index in [-0.39, 0.29) is 6.54 Å². The van der Waals surface area contributed by atoms with Crippen LogP contribution in [0.25, 0.3) is 0 Å².